The maximum atomic E-state index is 5.63. The fourth-order valence-electron chi connectivity index (χ4n) is 0.527. The van der Waals surface area contributed by atoms with Crippen LogP contribution in [0.4, 0.5) is 0 Å². The molecular formula is C6H7ClOS. The first-order valence-corrected chi connectivity index (χ1v) is 4.22. The minimum atomic E-state index is -0.280. The van der Waals surface area contributed by atoms with Crippen molar-refractivity contribution >= 4 is 23.4 Å². The summed E-state index contributed by atoms with van der Waals surface area (Å²) in [6.45, 7) is 0. The number of hydrogen-bond acceptors (Lipinski definition) is 2. The molecule has 1 rings (SSSR count). The van der Waals surface area contributed by atoms with Gasteiger partial charge in [-0.1, -0.05) is 29.4 Å². The molecule has 1 aliphatic heterocycles. The maximum Gasteiger partial charge on any atom is 0.191 e. The van der Waals surface area contributed by atoms with Crippen LogP contribution in [0.15, 0.2) is 23.3 Å². The van der Waals surface area contributed by atoms with Crippen molar-refractivity contribution in [3.63, 3.8) is 0 Å². The highest BCUT2D eigenvalue weighted by atomic mass is 35.5. The molecule has 1 aliphatic rings. The summed E-state index contributed by atoms with van der Waals surface area (Å²) in [6, 6.07) is 0. The van der Waals surface area contributed by atoms with E-state index in [1.807, 2.05) is 18.4 Å². The second kappa shape index (κ2) is 3.18. The Morgan fingerprint density at radius 2 is 2.56 bits per heavy atom. The van der Waals surface area contributed by atoms with E-state index in [0.717, 1.165) is 5.09 Å². The summed E-state index contributed by atoms with van der Waals surface area (Å²) in [6.07, 6.45) is 7.53. The fraction of sp³-hybridized carbons (Fsp3) is 0.333. The molecule has 0 saturated heterocycles. The second-order valence-electron chi connectivity index (χ2n) is 1.54. The normalized spacial score (nSPS) is 25.1. The Hall–Kier alpha value is -0.0800. The molecule has 1 unspecified atom stereocenters. The molecule has 9 heavy (non-hydrogen) atoms. The zero-order valence-electron chi connectivity index (χ0n) is 5.00. The van der Waals surface area contributed by atoms with Crippen molar-refractivity contribution in [2.24, 2.45) is 0 Å². The van der Waals surface area contributed by atoms with Gasteiger partial charge >= 0.3 is 0 Å². The first kappa shape index (κ1) is 7.03. The van der Waals surface area contributed by atoms with Gasteiger partial charge in [0, 0.05) is 0 Å². The van der Waals surface area contributed by atoms with Crippen LogP contribution in [0.2, 0.25) is 0 Å². The molecule has 0 aromatic heterocycles. The van der Waals surface area contributed by atoms with E-state index < -0.39 is 0 Å². The summed E-state index contributed by atoms with van der Waals surface area (Å²) in [5, 5.41) is 0.873. The summed E-state index contributed by atoms with van der Waals surface area (Å²) >= 11 is 7.18. The zero-order valence-corrected chi connectivity index (χ0v) is 6.58. The highest BCUT2D eigenvalue weighted by Gasteiger charge is 2.05. The van der Waals surface area contributed by atoms with Crippen molar-refractivity contribution in [1.82, 2.24) is 0 Å². The molecule has 0 saturated carbocycles. The predicted octanol–water partition coefficient (Wildman–Crippen LogP) is 2.34. The Morgan fingerprint density at radius 3 is 3.00 bits per heavy atom. The van der Waals surface area contributed by atoms with Crippen LogP contribution >= 0.6 is 23.4 Å². The van der Waals surface area contributed by atoms with Crippen LogP contribution in [0, 0.1) is 0 Å². The lowest BCUT2D eigenvalue weighted by atomic mass is 10.4. The molecule has 1 atom stereocenters. The van der Waals surface area contributed by atoms with E-state index in [2.05, 4.69) is 0 Å². The first-order chi connectivity index (χ1) is 4.33. The molecule has 0 fully saturated rings. The molecule has 0 radical (unpaired) electrons. The Kier molecular flexibility index (Phi) is 2.49. The van der Waals surface area contributed by atoms with Gasteiger partial charge in [0.1, 0.15) is 0 Å². The van der Waals surface area contributed by atoms with Gasteiger partial charge in [0.05, 0.1) is 0 Å². The van der Waals surface area contributed by atoms with Gasteiger partial charge in [-0.15, -0.1) is 0 Å². The van der Waals surface area contributed by atoms with Crippen LogP contribution in [0.3, 0.4) is 0 Å². The zero-order chi connectivity index (χ0) is 6.69. The summed E-state index contributed by atoms with van der Waals surface area (Å²) in [4.78, 5) is 0. The van der Waals surface area contributed by atoms with Crippen molar-refractivity contribution in [3.8, 4) is 0 Å². The van der Waals surface area contributed by atoms with Gasteiger partial charge in [0.2, 0.25) is 0 Å². The minimum Gasteiger partial charge on any atom is -0.465 e. The van der Waals surface area contributed by atoms with Crippen LogP contribution in [0.1, 0.15) is 0 Å². The molecule has 0 N–H and O–H groups in total. The monoisotopic (exact) mass is 162 g/mol. The first-order valence-electron chi connectivity index (χ1n) is 2.56. The Labute approximate surface area is 63.7 Å². The van der Waals surface area contributed by atoms with Crippen molar-refractivity contribution in [1.29, 1.82) is 0 Å². The SMILES string of the molecule is CSC1=CC=CC(Cl)O1. The third-order valence-corrected chi connectivity index (χ3v) is 1.79. The minimum absolute atomic E-state index is 0.280. The smallest absolute Gasteiger partial charge is 0.191 e. The highest BCUT2D eigenvalue weighted by molar-refractivity contribution is 8.02. The van der Waals surface area contributed by atoms with E-state index in [4.69, 9.17) is 16.3 Å². The largest absolute Gasteiger partial charge is 0.465 e. The average molecular weight is 163 g/mol. The highest BCUT2D eigenvalue weighted by Crippen LogP contribution is 2.21. The van der Waals surface area contributed by atoms with Gasteiger partial charge in [-0.05, 0) is 18.4 Å². The van der Waals surface area contributed by atoms with Crippen molar-refractivity contribution in [2.45, 2.75) is 5.56 Å². The lowest BCUT2D eigenvalue weighted by molar-refractivity contribution is 0.240. The predicted molar refractivity (Wildman–Crippen MR) is 41.5 cm³/mol. The van der Waals surface area contributed by atoms with Gasteiger partial charge < -0.3 is 4.74 Å². The maximum absolute atomic E-state index is 5.63. The molecule has 0 aromatic carbocycles. The van der Waals surface area contributed by atoms with E-state index >= 15 is 0 Å². The molecule has 1 heterocycles. The van der Waals surface area contributed by atoms with Crippen molar-refractivity contribution < 1.29 is 4.74 Å². The summed E-state index contributed by atoms with van der Waals surface area (Å²) in [5.41, 5.74) is -0.280. The average Bonchev–Trinajstić information content (AvgIpc) is 1.88. The third kappa shape index (κ3) is 1.95. The number of rotatable bonds is 1. The number of allylic oxidation sites excluding steroid dienone is 2. The fourth-order valence-corrected chi connectivity index (χ4v) is 1.17. The van der Waals surface area contributed by atoms with Crippen LogP contribution in [-0.2, 0) is 4.74 Å². The van der Waals surface area contributed by atoms with E-state index in [-0.39, 0.29) is 5.56 Å². The summed E-state index contributed by atoms with van der Waals surface area (Å²) < 4.78 is 5.14. The molecule has 0 aromatic rings. The lowest BCUT2D eigenvalue weighted by Gasteiger charge is -2.12. The molecule has 0 aliphatic carbocycles. The third-order valence-electron chi connectivity index (χ3n) is 0.925. The van der Waals surface area contributed by atoms with Crippen molar-refractivity contribution in [3.05, 3.63) is 23.3 Å². The lowest BCUT2D eigenvalue weighted by Crippen LogP contribution is -2.01. The van der Waals surface area contributed by atoms with E-state index in [9.17, 15) is 0 Å². The number of alkyl halides is 1. The van der Waals surface area contributed by atoms with E-state index in [1.165, 1.54) is 0 Å². The number of ether oxygens (including phenoxy) is 1. The molecule has 0 bridgehead atoms. The quantitative estimate of drug-likeness (QED) is 0.548. The molecule has 0 spiro atoms. The van der Waals surface area contributed by atoms with Crippen LogP contribution in [0.5, 0.6) is 0 Å². The topological polar surface area (TPSA) is 9.23 Å². The number of halogens is 1. The second-order valence-corrected chi connectivity index (χ2v) is 2.78. The molecule has 50 valence electrons. The van der Waals surface area contributed by atoms with Crippen LogP contribution < -0.4 is 0 Å². The van der Waals surface area contributed by atoms with Gasteiger partial charge in [-0.3, -0.25) is 0 Å². The Balaban J connectivity index is 2.55. The van der Waals surface area contributed by atoms with Gasteiger partial charge in [0.15, 0.2) is 10.7 Å². The molecular weight excluding hydrogens is 156 g/mol. The van der Waals surface area contributed by atoms with Gasteiger partial charge in [-0.25, -0.2) is 0 Å². The molecule has 1 nitrogen and oxygen atoms in total. The Morgan fingerprint density at radius 1 is 1.78 bits per heavy atom. The number of hydrogen-bond donors (Lipinski definition) is 0. The van der Waals surface area contributed by atoms with Crippen LogP contribution in [0.25, 0.3) is 0 Å². The standard InChI is InChI=1S/C6H7ClOS/c1-9-6-4-2-3-5(7)8-6/h2-5H,1H3. The molecule has 0 amide bonds. The molecule has 3 heteroatoms. The summed E-state index contributed by atoms with van der Waals surface area (Å²) in [7, 11) is 0. The van der Waals surface area contributed by atoms with Crippen molar-refractivity contribution in [2.75, 3.05) is 6.26 Å². The Bertz CT molecular complexity index is 153. The number of thioether (sulfide) groups is 1. The van der Waals surface area contributed by atoms with E-state index in [0.29, 0.717) is 0 Å². The van der Waals surface area contributed by atoms with Crippen LogP contribution in [-0.4, -0.2) is 11.8 Å². The van der Waals surface area contributed by atoms with Gasteiger partial charge in [0.25, 0.3) is 0 Å². The van der Waals surface area contributed by atoms with Gasteiger partial charge in [-0.2, -0.15) is 0 Å². The van der Waals surface area contributed by atoms with E-state index in [1.54, 1.807) is 17.8 Å². The summed E-state index contributed by atoms with van der Waals surface area (Å²) in [5.74, 6) is 0.